The van der Waals surface area contributed by atoms with Crippen molar-refractivity contribution in [2.45, 2.75) is 32.4 Å². The fourth-order valence-electron chi connectivity index (χ4n) is 2.29. The highest BCUT2D eigenvalue weighted by molar-refractivity contribution is 9.10. The maximum atomic E-state index is 12.4. The van der Waals surface area contributed by atoms with E-state index in [-0.39, 0.29) is 18.4 Å². The smallest absolute Gasteiger partial charge is 0.245 e. The van der Waals surface area contributed by atoms with Crippen LogP contribution in [0, 0.1) is 18.3 Å². The zero-order chi connectivity index (χ0) is 14.0. The molecule has 1 amide bonds. The summed E-state index contributed by atoms with van der Waals surface area (Å²) in [5, 5.41) is 11.9. The second-order valence-electron chi connectivity index (χ2n) is 4.81. The van der Waals surface area contributed by atoms with Crippen LogP contribution in [0.25, 0.3) is 0 Å². The number of anilines is 1. The van der Waals surface area contributed by atoms with Gasteiger partial charge in [0.15, 0.2) is 0 Å². The van der Waals surface area contributed by atoms with Gasteiger partial charge in [-0.05, 0) is 37.6 Å². The zero-order valence-electron chi connectivity index (χ0n) is 11.0. The Morgan fingerprint density at radius 3 is 2.95 bits per heavy atom. The molecule has 0 bridgehead atoms. The van der Waals surface area contributed by atoms with Crippen molar-refractivity contribution in [3.05, 3.63) is 28.2 Å². The van der Waals surface area contributed by atoms with Crippen LogP contribution in [0.5, 0.6) is 0 Å². The van der Waals surface area contributed by atoms with Crippen molar-refractivity contribution in [3.63, 3.8) is 0 Å². The summed E-state index contributed by atoms with van der Waals surface area (Å²) in [5.41, 5.74) is 1.98. The lowest BCUT2D eigenvalue weighted by atomic mass is 10.0. The average molecular weight is 322 g/mol. The van der Waals surface area contributed by atoms with E-state index in [0.29, 0.717) is 6.54 Å². The lowest BCUT2D eigenvalue weighted by molar-refractivity contribution is -0.122. The number of benzene rings is 1. The quantitative estimate of drug-likeness (QED) is 0.909. The number of aryl methyl sites for hydroxylation is 1. The third kappa shape index (κ3) is 2.80. The number of hydrogen-bond donors (Lipinski definition) is 1. The Morgan fingerprint density at radius 2 is 2.32 bits per heavy atom. The number of halogens is 1. The monoisotopic (exact) mass is 321 g/mol. The molecule has 100 valence electrons. The van der Waals surface area contributed by atoms with E-state index in [1.807, 2.05) is 32.0 Å². The number of nitrogens with zero attached hydrogens (tertiary/aromatic N) is 2. The first-order valence-corrected chi connectivity index (χ1v) is 7.03. The van der Waals surface area contributed by atoms with E-state index in [1.54, 1.807) is 4.90 Å². The molecule has 1 fully saturated rings. The zero-order valence-corrected chi connectivity index (χ0v) is 12.6. The van der Waals surface area contributed by atoms with E-state index < -0.39 is 6.04 Å². The van der Waals surface area contributed by atoms with Crippen LogP contribution in [0.2, 0.25) is 0 Å². The molecule has 1 N–H and O–H groups in total. The van der Waals surface area contributed by atoms with Crippen molar-refractivity contribution in [2.24, 2.45) is 0 Å². The third-order valence-corrected chi connectivity index (χ3v) is 4.24. The Bertz CT molecular complexity index is 538. The molecule has 1 aromatic rings. The Labute approximate surface area is 121 Å². The van der Waals surface area contributed by atoms with Gasteiger partial charge in [0.1, 0.15) is 6.04 Å². The SMILES string of the molecule is Cc1cc(N2C(=O)C(CC#N)NCC2C)ccc1Br. The van der Waals surface area contributed by atoms with Crippen LogP contribution < -0.4 is 10.2 Å². The van der Waals surface area contributed by atoms with Gasteiger partial charge in [0.25, 0.3) is 0 Å². The molecule has 1 aliphatic rings. The van der Waals surface area contributed by atoms with Crippen molar-refractivity contribution in [2.75, 3.05) is 11.4 Å². The average Bonchev–Trinajstić information content (AvgIpc) is 2.37. The predicted octanol–water partition coefficient (Wildman–Crippen LogP) is 2.36. The molecule has 0 spiro atoms. The Morgan fingerprint density at radius 1 is 1.58 bits per heavy atom. The third-order valence-electron chi connectivity index (χ3n) is 3.35. The number of carbonyl (C=O) groups excluding carboxylic acids is 1. The van der Waals surface area contributed by atoms with Crippen LogP contribution in [0.15, 0.2) is 22.7 Å². The van der Waals surface area contributed by atoms with Crippen LogP contribution >= 0.6 is 15.9 Å². The van der Waals surface area contributed by atoms with Gasteiger partial charge >= 0.3 is 0 Å². The first-order valence-electron chi connectivity index (χ1n) is 6.24. The van der Waals surface area contributed by atoms with Crippen molar-refractivity contribution >= 4 is 27.5 Å². The second-order valence-corrected chi connectivity index (χ2v) is 5.67. The molecule has 1 aromatic carbocycles. The summed E-state index contributed by atoms with van der Waals surface area (Å²) in [4.78, 5) is 14.2. The maximum absolute atomic E-state index is 12.4. The molecule has 2 unspecified atom stereocenters. The summed E-state index contributed by atoms with van der Waals surface area (Å²) in [6.45, 7) is 4.70. The summed E-state index contributed by atoms with van der Waals surface area (Å²) < 4.78 is 1.03. The number of nitrogens with one attached hydrogen (secondary N) is 1. The molecule has 19 heavy (non-hydrogen) atoms. The lowest BCUT2D eigenvalue weighted by Gasteiger charge is -2.37. The number of rotatable bonds is 2. The molecule has 2 rings (SSSR count). The van der Waals surface area contributed by atoms with E-state index in [9.17, 15) is 4.79 Å². The minimum atomic E-state index is -0.398. The fourth-order valence-corrected chi connectivity index (χ4v) is 2.53. The van der Waals surface area contributed by atoms with Crippen LogP contribution in [0.3, 0.4) is 0 Å². The lowest BCUT2D eigenvalue weighted by Crippen LogP contribution is -2.59. The molecule has 0 aromatic heterocycles. The molecule has 5 heteroatoms. The maximum Gasteiger partial charge on any atom is 0.245 e. The van der Waals surface area contributed by atoms with Crippen molar-refractivity contribution in [3.8, 4) is 6.07 Å². The highest BCUT2D eigenvalue weighted by Crippen LogP contribution is 2.26. The number of nitriles is 1. The largest absolute Gasteiger partial charge is 0.307 e. The second kappa shape index (κ2) is 5.72. The molecule has 4 nitrogen and oxygen atoms in total. The number of amides is 1. The highest BCUT2D eigenvalue weighted by atomic mass is 79.9. The first kappa shape index (κ1) is 14.0. The molecule has 1 heterocycles. The molecular weight excluding hydrogens is 306 g/mol. The number of piperazine rings is 1. The predicted molar refractivity (Wildman–Crippen MR) is 77.8 cm³/mol. The van der Waals surface area contributed by atoms with Gasteiger partial charge in [-0.25, -0.2) is 0 Å². The Balaban J connectivity index is 2.32. The van der Waals surface area contributed by atoms with E-state index in [4.69, 9.17) is 5.26 Å². The minimum absolute atomic E-state index is 0.0259. The van der Waals surface area contributed by atoms with Crippen molar-refractivity contribution in [1.29, 1.82) is 5.26 Å². The van der Waals surface area contributed by atoms with Crippen LogP contribution in [0.4, 0.5) is 5.69 Å². The Kier molecular flexibility index (Phi) is 4.23. The van der Waals surface area contributed by atoms with E-state index in [1.165, 1.54) is 0 Å². The van der Waals surface area contributed by atoms with Gasteiger partial charge in [0.05, 0.1) is 12.5 Å². The van der Waals surface area contributed by atoms with Gasteiger partial charge in [-0.1, -0.05) is 15.9 Å². The van der Waals surface area contributed by atoms with E-state index in [0.717, 1.165) is 15.7 Å². The van der Waals surface area contributed by atoms with Crippen LogP contribution in [0.1, 0.15) is 18.9 Å². The molecule has 0 aliphatic carbocycles. The Hall–Kier alpha value is -1.38. The highest BCUT2D eigenvalue weighted by Gasteiger charge is 2.33. The molecule has 0 saturated carbocycles. The van der Waals surface area contributed by atoms with Gasteiger partial charge in [0.2, 0.25) is 5.91 Å². The van der Waals surface area contributed by atoms with Gasteiger partial charge in [0, 0.05) is 22.7 Å². The minimum Gasteiger partial charge on any atom is -0.307 e. The van der Waals surface area contributed by atoms with E-state index >= 15 is 0 Å². The van der Waals surface area contributed by atoms with Gasteiger partial charge < -0.3 is 10.2 Å². The molecular formula is C14H16BrN3O. The van der Waals surface area contributed by atoms with Crippen LogP contribution in [-0.4, -0.2) is 24.5 Å². The van der Waals surface area contributed by atoms with Crippen molar-refractivity contribution in [1.82, 2.24) is 5.32 Å². The summed E-state index contributed by atoms with van der Waals surface area (Å²) >= 11 is 3.46. The topological polar surface area (TPSA) is 56.1 Å². The van der Waals surface area contributed by atoms with Gasteiger partial charge in [-0.3, -0.25) is 4.79 Å². The fraction of sp³-hybridized carbons (Fsp3) is 0.429. The standard InChI is InChI=1S/C14H16BrN3O/c1-9-7-11(3-4-12(9)15)18-10(2)8-17-13(5-6-16)14(18)19/h3-4,7,10,13,17H,5,8H2,1-2H3. The normalized spacial score (nSPS) is 23.3. The summed E-state index contributed by atoms with van der Waals surface area (Å²) in [6.07, 6.45) is 0.206. The van der Waals surface area contributed by atoms with Gasteiger partial charge in [-0.15, -0.1) is 0 Å². The molecule has 2 atom stereocenters. The molecule has 0 radical (unpaired) electrons. The molecule has 1 saturated heterocycles. The number of hydrogen-bond acceptors (Lipinski definition) is 3. The van der Waals surface area contributed by atoms with Crippen molar-refractivity contribution < 1.29 is 4.79 Å². The summed E-state index contributed by atoms with van der Waals surface area (Å²) in [6, 6.07) is 7.62. The van der Waals surface area contributed by atoms with Crippen LogP contribution in [-0.2, 0) is 4.79 Å². The first-order chi connectivity index (χ1) is 9.04. The summed E-state index contributed by atoms with van der Waals surface area (Å²) in [7, 11) is 0. The molecule has 1 aliphatic heterocycles. The summed E-state index contributed by atoms with van der Waals surface area (Å²) in [5.74, 6) is -0.0259. The van der Waals surface area contributed by atoms with Gasteiger partial charge in [-0.2, -0.15) is 5.26 Å². The number of carbonyl (C=O) groups is 1. The van der Waals surface area contributed by atoms with E-state index in [2.05, 4.69) is 27.3 Å².